The highest BCUT2D eigenvalue weighted by Gasteiger charge is 2.22. The Morgan fingerprint density at radius 1 is 0.400 bits per heavy atom. The molecule has 0 aromatic carbocycles. The maximum atomic E-state index is 12.8. The van der Waals surface area contributed by atoms with Crippen molar-refractivity contribution in [1.82, 2.24) is 0 Å². The number of nitrogens with zero attached hydrogens (tertiary/aromatic N) is 1. The first-order chi connectivity index (χ1) is 39.0. The van der Waals surface area contributed by atoms with Crippen molar-refractivity contribution < 1.29 is 42.1 Å². The lowest BCUT2D eigenvalue weighted by atomic mass is 10.0. The zero-order valence-corrected chi connectivity index (χ0v) is 53.7. The Morgan fingerprint density at radius 3 is 1.06 bits per heavy atom. The molecule has 2 atom stereocenters. The summed E-state index contributed by atoms with van der Waals surface area (Å²) in [5.41, 5.74) is 0. The number of quaternary nitrogens is 1. The number of carbonyl (C=O) groups excluding carboxylic acids is 2. The fraction of sp³-hybridized carbons (Fsp3) is 0.771. The number of hydrogen-bond donors (Lipinski definition) is 0. The largest absolute Gasteiger partial charge is 0.756 e. The van der Waals surface area contributed by atoms with Gasteiger partial charge in [-0.3, -0.25) is 14.2 Å². The highest BCUT2D eigenvalue weighted by atomic mass is 31.2. The van der Waals surface area contributed by atoms with E-state index in [2.05, 4.69) is 98.9 Å². The summed E-state index contributed by atoms with van der Waals surface area (Å²) in [7, 11) is 1.15. The minimum atomic E-state index is -4.65. The Kier molecular flexibility index (Phi) is 58.6. The van der Waals surface area contributed by atoms with Crippen molar-refractivity contribution in [3.8, 4) is 0 Å². The number of unbranched alkanes of at least 4 members (excludes halogenated alkanes) is 33. The molecule has 0 saturated carbocycles. The molecule has 0 heterocycles. The van der Waals surface area contributed by atoms with Crippen LogP contribution in [0.1, 0.15) is 296 Å². The number of ether oxygens (including phenoxy) is 2. The van der Waals surface area contributed by atoms with Crippen LogP contribution < -0.4 is 4.89 Å². The van der Waals surface area contributed by atoms with Gasteiger partial charge in [0.25, 0.3) is 7.82 Å². The minimum Gasteiger partial charge on any atom is -0.756 e. The van der Waals surface area contributed by atoms with Gasteiger partial charge in [0.2, 0.25) is 0 Å². The van der Waals surface area contributed by atoms with Gasteiger partial charge in [0.1, 0.15) is 19.8 Å². The van der Waals surface area contributed by atoms with Crippen LogP contribution in [-0.4, -0.2) is 70.0 Å². The van der Waals surface area contributed by atoms with Crippen molar-refractivity contribution in [1.29, 1.82) is 0 Å². The molecule has 0 amide bonds. The average Bonchev–Trinajstić information content (AvgIpc) is 3.42. The summed E-state index contributed by atoms with van der Waals surface area (Å²) in [4.78, 5) is 37.9. The molecular weight excluding hydrogens is 1010 g/mol. The highest BCUT2D eigenvalue weighted by molar-refractivity contribution is 7.45. The van der Waals surface area contributed by atoms with Gasteiger partial charge >= 0.3 is 11.9 Å². The quantitative estimate of drug-likeness (QED) is 0.0195. The summed E-state index contributed by atoms with van der Waals surface area (Å²) in [5.74, 6) is -0.855. The first-order valence-electron chi connectivity index (χ1n) is 33.3. The Hall–Kier alpha value is -2.81. The van der Waals surface area contributed by atoms with Crippen LogP contribution in [0, 0.1) is 0 Å². The summed E-state index contributed by atoms with van der Waals surface area (Å²) in [6.45, 7) is 4.10. The van der Waals surface area contributed by atoms with Gasteiger partial charge in [0.15, 0.2) is 6.10 Å². The van der Waals surface area contributed by atoms with Crippen molar-refractivity contribution in [2.45, 2.75) is 302 Å². The summed E-state index contributed by atoms with van der Waals surface area (Å²) in [6.07, 6.45) is 82.5. The molecule has 80 heavy (non-hydrogen) atoms. The van der Waals surface area contributed by atoms with Crippen LogP contribution in [-0.2, 0) is 32.7 Å². The molecule has 0 aliphatic rings. The molecule has 0 radical (unpaired) electrons. The van der Waals surface area contributed by atoms with E-state index in [1.54, 1.807) is 0 Å². The van der Waals surface area contributed by atoms with Crippen LogP contribution in [0.15, 0.2) is 85.1 Å². The number of phosphoric ester groups is 1. The fourth-order valence-corrected chi connectivity index (χ4v) is 10.0. The van der Waals surface area contributed by atoms with Crippen molar-refractivity contribution in [3.05, 3.63) is 85.1 Å². The van der Waals surface area contributed by atoms with Crippen LogP contribution in [0.5, 0.6) is 0 Å². The van der Waals surface area contributed by atoms with E-state index in [0.29, 0.717) is 17.4 Å². The Labute approximate surface area is 494 Å². The molecule has 2 unspecified atom stereocenters. The van der Waals surface area contributed by atoms with Crippen LogP contribution in [0.2, 0.25) is 0 Å². The fourth-order valence-electron chi connectivity index (χ4n) is 9.30. The third-order valence-corrected chi connectivity index (χ3v) is 15.4. The highest BCUT2D eigenvalue weighted by Crippen LogP contribution is 2.38. The second-order valence-corrected chi connectivity index (χ2v) is 24.9. The van der Waals surface area contributed by atoms with Crippen molar-refractivity contribution >= 4 is 19.8 Å². The van der Waals surface area contributed by atoms with E-state index in [4.69, 9.17) is 18.5 Å². The normalized spacial score (nSPS) is 13.7. The van der Waals surface area contributed by atoms with E-state index >= 15 is 0 Å². The molecule has 9 nitrogen and oxygen atoms in total. The lowest BCUT2D eigenvalue weighted by Crippen LogP contribution is -2.37. The number of likely N-dealkylation sites (N-methyl/N-ethyl adjacent to an activating group) is 1. The molecule has 0 aliphatic carbocycles. The first kappa shape index (κ1) is 77.2. The van der Waals surface area contributed by atoms with E-state index in [1.165, 1.54) is 180 Å². The van der Waals surface area contributed by atoms with Crippen LogP contribution >= 0.6 is 7.82 Å². The second kappa shape index (κ2) is 60.8. The number of carbonyl (C=O) groups is 2. The molecular formula is C70H126NO8P. The summed E-state index contributed by atoms with van der Waals surface area (Å²) < 4.78 is 34.2. The average molecular weight is 1140 g/mol. The molecule has 464 valence electrons. The van der Waals surface area contributed by atoms with E-state index in [9.17, 15) is 19.0 Å². The number of rotatable bonds is 61. The number of hydrogen-bond acceptors (Lipinski definition) is 8. The zero-order valence-electron chi connectivity index (χ0n) is 52.8. The van der Waals surface area contributed by atoms with Gasteiger partial charge in [0.05, 0.1) is 27.7 Å². The lowest BCUT2D eigenvalue weighted by molar-refractivity contribution is -0.870. The molecule has 10 heteroatoms. The van der Waals surface area contributed by atoms with Crippen LogP contribution in [0.4, 0.5) is 0 Å². The van der Waals surface area contributed by atoms with E-state index in [0.717, 1.165) is 83.5 Å². The molecule has 0 bridgehead atoms. The third-order valence-electron chi connectivity index (χ3n) is 14.4. The van der Waals surface area contributed by atoms with Gasteiger partial charge < -0.3 is 27.9 Å². The molecule has 0 spiro atoms. The Balaban J connectivity index is 3.93. The standard InChI is InChI=1S/C70H126NO8P/c1-6-8-10-12-14-16-18-20-22-24-25-26-27-28-29-30-31-32-33-34-35-36-37-38-39-40-41-42-43-44-45-47-48-50-52-54-56-58-60-62-69(72)76-66-68(67-78-80(74,75)77-65-64-71(3,4)5)79-70(73)63-61-59-57-55-53-51-49-46-23-21-19-17-15-13-11-9-7-2/h9,11,15,17-18,20-21,23-25,27-28,49,51,68H,6-8,10,12-14,16,19,22,26,29-48,50,52-67H2,1-5H3/b11-9-,17-15-,20-18-,23-21-,25-24-,28-27-,51-49-. The molecule has 0 aliphatic heterocycles. The number of esters is 2. The van der Waals surface area contributed by atoms with Gasteiger partial charge in [-0.15, -0.1) is 0 Å². The predicted molar refractivity (Wildman–Crippen MR) is 342 cm³/mol. The minimum absolute atomic E-state index is 0.0379. The van der Waals surface area contributed by atoms with Crippen molar-refractivity contribution in [2.24, 2.45) is 0 Å². The zero-order chi connectivity index (χ0) is 58.4. The first-order valence-corrected chi connectivity index (χ1v) is 34.8. The topological polar surface area (TPSA) is 111 Å². The molecule has 0 N–H and O–H groups in total. The predicted octanol–water partition coefficient (Wildman–Crippen LogP) is 20.7. The summed E-state index contributed by atoms with van der Waals surface area (Å²) in [5, 5.41) is 0. The summed E-state index contributed by atoms with van der Waals surface area (Å²) in [6, 6.07) is 0. The SMILES string of the molecule is CC/C=C\C/C=C\C/C=C\C/C=C\CCCCCCC(=O)OC(COC(=O)CCCCCCCCCCCCCCCCCCCCCCCCCC/C=C\C/C=C\C/C=C\CCCCCCC)COP(=O)([O-])OCC[N+](C)(C)C. The van der Waals surface area contributed by atoms with Crippen molar-refractivity contribution in [3.63, 3.8) is 0 Å². The molecule has 0 aromatic heterocycles. The van der Waals surface area contributed by atoms with E-state index < -0.39 is 26.5 Å². The van der Waals surface area contributed by atoms with Gasteiger partial charge in [-0.25, -0.2) is 0 Å². The number of allylic oxidation sites excluding steroid dienone is 14. The van der Waals surface area contributed by atoms with Gasteiger partial charge in [-0.05, 0) is 89.9 Å². The van der Waals surface area contributed by atoms with Crippen LogP contribution in [0.25, 0.3) is 0 Å². The summed E-state index contributed by atoms with van der Waals surface area (Å²) >= 11 is 0. The maximum absolute atomic E-state index is 12.8. The van der Waals surface area contributed by atoms with Gasteiger partial charge in [0, 0.05) is 12.8 Å². The monoisotopic (exact) mass is 1140 g/mol. The van der Waals surface area contributed by atoms with E-state index in [1.807, 2.05) is 21.1 Å². The van der Waals surface area contributed by atoms with Gasteiger partial charge in [-0.1, -0.05) is 279 Å². The Bertz CT molecular complexity index is 1630. The maximum Gasteiger partial charge on any atom is 0.306 e. The van der Waals surface area contributed by atoms with Gasteiger partial charge in [-0.2, -0.15) is 0 Å². The second-order valence-electron chi connectivity index (χ2n) is 23.5. The third kappa shape index (κ3) is 64.4. The van der Waals surface area contributed by atoms with E-state index in [-0.39, 0.29) is 32.0 Å². The molecule has 0 fully saturated rings. The number of phosphoric acid groups is 1. The molecule has 0 saturated heterocycles. The molecule has 0 aromatic rings. The van der Waals surface area contributed by atoms with Crippen LogP contribution in [0.3, 0.4) is 0 Å². The lowest BCUT2D eigenvalue weighted by Gasteiger charge is -2.28. The Morgan fingerprint density at radius 2 is 0.713 bits per heavy atom. The van der Waals surface area contributed by atoms with Crippen molar-refractivity contribution in [2.75, 3.05) is 47.5 Å². The smallest absolute Gasteiger partial charge is 0.306 e. The molecule has 0 rings (SSSR count).